The minimum absolute atomic E-state index is 0.0205. The minimum atomic E-state index is -0.0205. The van der Waals surface area contributed by atoms with Gasteiger partial charge in [0.2, 0.25) is 0 Å². The maximum Gasteiger partial charge on any atom is 0.323 e. The fourth-order valence-electron chi connectivity index (χ4n) is 3.61. The Morgan fingerprint density at radius 2 is 2.14 bits per heavy atom. The second kappa shape index (κ2) is 6.69. The SMILES string of the molecule is Cc1cc(NC(=O)N2CC[C@@H](CN)C2)n(C2CCCCC2)n1. The highest BCUT2D eigenvalue weighted by Gasteiger charge is 2.27. The van der Waals surface area contributed by atoms with Crippen molar-refractivity contribution in [2.24, 2.45) is 11.7 Å². The quantitative estimate of drug-likeness (QED) is 0.901. The summed E-state index contributed by atoms with van der Waals surface area (Å²) in [6.45, 7) is 4.20. The van der Waals surface area contributed by atoms with Crippen molar-refractivity contribution in [3.63, 3.8) is 0 Å². The molecule has 2 amide bonds. The van der Waals surface area contributed by atoms with Gasteiger partial charge in [-0.1, -0.05) is 19.3 Å². The van der Waals surface area contributed by atoms with Gasteiger partial charge in [0, 0.05) is 19.2 Å². The summed E-state index contributed by atoms with van der Waals surface area (Å²) in [6, 6.07) is 2.38. The Balaban J connectivity index is 1.68. The number of aromatic nitrogens is 2. The molecule has 2 heterocycles. The summed E-state index contributed by atoms with van der Waals surface area (Å²) >= 11 is 0. The van der Waals surface area contributed by atoms with E-state index in [0.717, 1.165) is 43.9 Å². The van der Waals surface area contributed by atoms with Crippen molar-refractivity contribution in [3.05, 3.63) is 11.8 Å². The molecule has 0 bridgehead atoms. The Bertz CT molecular complexity index is 521. The summed E-state index contributed by atoms with van der Waals surface area (Å²) in [5.74, 6) is 1.28. The maximum absolute atomic E-state index is 12.5. The van der Waals surface area contributed by atoms with E-state index in [2.05, 4.69) is 10.4 Å². The highest BCUT2D eigenvalue weighted by molar-refractivity contribution is 5.88. The first-order valence-electron chi connectivity index (χ1n) is 8.49. The second-order valence-electron chi connectivity index (χ2n) is 6.67. The van der Waals surface area contributed by atoms with E-state index in [9.17, 15) is 4.79 Å². The van der Waals surface area contributed by atoms with Crippen LogP contribution in [-0.4, -0.2) is 40.3 Å². The first-order chi connectivity index (χ1) is 10.7. The maximum atomic E-state index is 12.5. The van der Waals surface area contributed by atoms with Crippen LogP contribution in [0.5, 0.6) is 0 Å². The van der Waals surface area contributed by atoms with Crippen LogP contribution in [0.4, 0.5) is 10.6 Å². The van der Waals surface area contributed by atoms with E-state index in [-0.39, 0.29) is 6.03 Å². The van der Waals surface area contributed by atoms with Crippen molar-refractivity contribution in [1.29, 1.82) is 0 Å². The Kier molecular flexibility index (Phi) is 4.66. The molecule has 3 rings (SSSR count). The Hall–Kier alpha value is -1.56. The van der Waals surface area contributed by atoms with Crippen LogP contribution in [0.2, 0.25) is 0 Å². The highest BCUT2D eigenvalue weighted by atomic mass is 16.2. The van der Waals surface area contributed by atoms with Crippen molar-refractivity contribution >= 4 is 11.8 Å². The van der Waals surface area contributed by atoms with Gasteiger partial charge in [-0.2, -0.15) is 5.10 Å². The van der Waals surface area contributed by atoms with Crippen molar-refractivity contribution in [2.45, 2.75) is 51.5 Å². The number of urea groups is 1. The van der Waals surface area contributed by atoms with Crippen LogP contribution < -0.4 is 11.1 Å². The number of nitrogens with zero attached hydrogens (tertiary/aromatic N) is 3. The number of hydrogen-bond acceptors (Lipinski definition) is 3. The molecule has 3 N–H and O–H groups in total. The van der Waals surface area contributed by atoms with E-state index in [0.29, 0.717) is 18.5 Å². The lowest BCUT2D eigenvalue weighted by Gasteiger charge is -2.25. The summed E-state index contributed by atoms with van der Waals surface area (Å²) in [7, 11) is 0. The average molecular weight is 305 g/mol. The minimum Gasteiger partial charge on any atom is -0.330 e. The van der Waals surface area contributed by atoms with E-state index >= 15 is 0 Å². The molecule has 1 saturated carbocycles. The Morgan fingerprint density at radius 1 is 1.36 bits per heavy atom. The van der Waals surface area contributed by atoms with Gasteiger partial charge >= 0.3 is 6.03 Å². The number of amides is 2. The molecule has 1 aromatic heterocycles. The number of aryl methyl sites for hydroxylation is 1. The topological polar surface area (TPSA) is 76.2 Å². The number of rotatable bonds is 3. The van der Waals surface area contributed by atoms with Crippen molar-refractivity contribution in [3.8, 4) is 0 Å². The molecular weight excluding hydrogens is 278 g/mol. The smallest absolute Gasteiger partial charge is 0.323 e. The van der Waals surface area contributed by atoms with Crippen LogP contribution in [0.15, 0.2) is 6.07 Å². The van der Waals surface area contributed by atoms with Gasteiger partial charge in [-0.05, 0) is 38.6 Å². The summed E-state index contributed by atoms with van der Waals surface area (Å²) in [5, 5.41) is 7.67. The molecule has 122 valence electrons. The number of anilines is 1. The van der Waals surface area contributed by atoms with Crippen LogP contribution in [0.3, 0.4) is 0 Å². The van der Waals surface area contributed by atoms with Crippen LogP contribution in [0.25, 0.3) is 0 Å². The predicted molar refractivity (Wildman–Crippen MR) is 86.8 cm³/mol. The zero-order valence-corrected chi connectivity index (χ0v) is 13.4. The summed E-state index contributed by atoms with van der Waals surface area (Å²) in [4.78, 5) is 14.3. The number of hydrogen-bond donors (Lipinski definition) is 2. The number of nitrogens with two attached hydrogens (primary N) is 1. The van der Waals surface area contributed by atoms with Gasteiger partial charge in [0.25, 0.3) is 0 Å². The third-order valence-electron chi connectivity index (χ3n) is 4.92. The fraction of sp³-hybridized carbons (Fsp3) is 0.750. The van der Waals surface area contributed by atoms with E-state index < -0.39 is 0 Å². The molecule has 0 radical (unpaired) electrons. The van der Waals surface area contributed by atoms with Crippen LogP contribution in [-0.2, 0) is 0 Å². The molecule has 1 aromatic rings. The number of likely N-dealkylation sites (tertiary alicyclic amines) is 1. The van der Waals surface area contributed by atoms with Gasteiger partial charge in [-0.15, -0.1) is 0 Å². The van der Waals surface area contributed by atoms with E-state index in [1.807, 2.05) is 22.6 Å². The van der Waals surface area contributed by atoms with Crippen molar-refractivity contribution < 1.29 is 4.79 Å². The van der Waals surface area contributed by atoms with E-state index in [4.69, 9.17) is 5.73 Å². The molecular formula is C16H27N5O. The predicted octanol–water partition coefficient (Wildman–Crippen LogP) is 2.51. The molecule has 2 aliphatic rings. The Morgan fingerprint density at radius 3 is 2.82 bits per heavy atom. The van der Waals surface area contributed by atoms with Gasteiger partial charge in [0.1, 0.15) is 5.82 Å². The molecule has 22 heavy (non-hydrogen) atoms. The molecule has 2 fully saturated rings. The van der Waals surface area contributed by atoms with Crippen LogP contribution in [0.1, 0.15) is 50.3 Å². The molecule has 1 saturated heterocycles. The second-order valence-corrected chi connectivity index (χ2v) is 6.67. The molecule has 6 nitrogen and oxygen atoms in total. The molecule has 0 unspecified atom stereocenters. The van der Waals surface area contributed by atoms with Crippen LogP contribution in [0, 0.1) is 12.8 Å². The third-order valence-corrected chi connectivity index (χ3v) is 4.92. The summed E-state index contributed by atoms with van der Waals surface area (Å²) < 4.78 is 2.03. The van der Waals surface area contributed by atoms with Gasteiger partial charge in [0.15, 0.2) is 0 Å². The lowest BCUT2D eigenvalue weighted by Crippen LogP contribution is -2.34. The Labute approximate surface area is 132 Å². The normalized spacial score (nSPS) is 23.0. The third kappa shape index (κ3) is 3.27. The summed E-state index contributed by atoms with van der Waals surface area (Å²) in [5.41, 5.74) is 6.66. The first kappa shape index (κ1) is 15.3. The zero-order valence-electron chi connectivity index (χ0n) is 13.4. The summed E-state index contributed by atoms with van der Waals surface area (Å²) in [6.07, 6.45) is 7.13. The van der Waals surface area contributed by atoms with Gasteiger partial charge in [-0.25, -0.2) is 9.48 Å². The first-order valence-corrected chi connectivity index (χ1v) is 8.49. The molecule has 0 spiro atoms. The van der Waals surface area contributed by atoms with Gasteiger partial charge < -0.3 is 10.6 Å². The van der Waals surface area contributed by atoms with Crippen LogP contribution >= 0.6 is 0 Å². The molecule has 1 atom stereocenters. The number of carbonyl (C=O) groups excluding carboxylic acids is 1. The van der Waals surface area contributed by atoms with Crippen molar-refractivity contribution in [1.82, 2.24) is 14.7 Å². The highest BCUT2D eigenvalue weighted by Crippen LogP contribution is 2.30. The van der Waals surface area contributed by atoms with E-state index in [1.165, 1.54) is 19.3 Å². The standard InChI is InChI=1S/C16H27N5O/c1-12-9-15(21(19-12)14-5-3-2-4-6-14)18-16(22)20-8-7-13(10-17)11-20/h9,13-14H,2-8,10-11,17H2,1H3,(H,18,22)/t13-/m0/s1. The number of carbonyl (C=O) groups is 1. The van der Waals surface area contributed by atoms with E-state index in [1.54, 1.807) is 0 Å². The fourth-order valence-corrected chi connectivity index (χ4v) is 3.61. The lowest BCUT2D eigenvalue weighted by molar-refractivity contribution is 0.220. The lowest BCUT2D eigenvalue weighted by atomic mass is 9.96. The molecule has 0 aromatic carbocycles. The zero-order chi connectivity index (χ0) is 15.5. The van der Waals surface area contributed by atoms with Gasteiger partial charge in [0.05, 0.1) is 11.7 Å². The largest absolute Gasteiger partial charge is 0.330 e. The molecule has 1 aliphatic heterocycles. The molecule has 6 heteroatoms. The molecule has 1 aliphatic carbocycles. The van der Waals surface area contributed by atoms with Gasteiger partial charge in [-0.3, -0.25) is 5.32 Å². The average Bonchev–Trinajstić information content (AvgIpc) is 3.15. The number of nitrogens with one attached hydrogen (secondary N) is 1. The monoisotopic (exact) mass is 305 g/mol. The van der Waals surface area contributed by atoms with Crippen molar-refractivity contribution in [2.75, 3.05) is 25.0 Å².